The van der Waals surface area contributed by atoms with Crippen molar-refractivity contribution in [3.05, 3.63) is 88.9 Å². The zero-order valence-corrected chi connectivity index (χ0v) is 20.8. The molecule has 4 rings (SSSR count). The van der Waals surface area contributed by atoms with Gasteiger partial charge >= 0.3 is 0 Å². The Kier molecular flexibility index (Phi) is 8.11. The number of carbonyl (C=O) groups is 1. The maximum atomic E-state index is 12.4. The van der Waals surface area contributed by atoms with Crippen LogP contribution in [0.2, 0.25) is 0 Å². The number of hydrogen-bond donors (Lipinski definition) is 1. The minimum absolute atomic E-state index is 0.135. The van der Waals surface area contributed by atoms with Gasteiger partial charge in [0.15, 0.2) is 11.0 Å². The molecule has 0 bridgehead atoms. The lowest BCUT2D eigenvalue weighted by atomic mass is 10.2. The van der Waals surface area contributed by atoms with Crippen molar-refractivity contribution >= 4 is 39.8 Å². The Morgan fingerprint density at radius 1 is 1.06 bits per heavy atom. The lowest BCUT2D eigenvalue weighted by Crippen LogP contribution is -2.20. The summed E-state index contributed by atoms with van der Waals surface area (Å²) in [4.78, 5) is 12.4. The van der Waals surface area contributed by atoms with Crippen LogP contribution in [0.25, 0.3) is 17.1 Å². The molecule has 0 saturated carbocycles. The van der Waals surface area contributed by atoms with Gasteiger partial charge in [-0.1, -0.05) is 70.2 Å². The summed E-state index contributed by atoms with van der Waals surface area (Å²) in [7, 11) is 0. The van der Waals surface area contributed by atoms with E-state index in [1.54, 1.807) is 6.21 Å². The van der Waals surface area contributed by atoms with Gasteiger partial charge < -0.3 is 4.74 Å². The third kappa shape index (κ3) is 5.92. The monoisotopic (exact) mass is 535 g/mol. The first-order chi connectivity index (χ1) is 16.7. The van der Waals surface area contributed by atoms with Crippen LogP contribution in [0.3, 0.4) is 0 Å². The lowest BCUT2D eigenvalue weighted by molar-refractivity contribution is -0.118. The molecule has 1 aromatic heterocycles. The predicted octanol–water partition coefficient (Wildman–Crippen LogP) is 5.34. The Morgan fingerprint density at radius 3 is 2.56 bits per heavy atom. The molecule has 0 aliphatic heterocycles. The maximum absolute atomic E-state index is 12.4. The van der Waals surface area contributed by atoms with Crippen LogP contribution in [0.1, 0.15) is 12.5 Å². The van der Waals surface area contributed by atoms with Crippen LogP contribution in [0, 0.1) is 0 Å². The third-order valence-corrected chi connectivity index (χ3v) is 6.15. The van der Waals surface area contributed by atoms with Crippen molar-refractivity contribution in [1.82, 2.24) is 20.2 Å². The van der Waals surface area contributed by atoms with E-state index in [1.165, 1.54) is 11.8 Å². The molecule has 0 spiro atoms. The number of rotatable bonds is 9. The van der Waals surface area contributed by atoms with Crippen LogP contribution < -0.4 is 10.2 Å². The molecule has 7 nitrogen and oxygen atoms in total. The number of hydrogen-bond acceptors (Lipinski definition) is 6. The first-order valence-corrected chi connectivity index (χ1v) is 12.4. The summed E-state index contributed by atoms with van der Waals surface area (Å²) < 4.78 is 8.50. The number of benzene rings is 3. The Labute approximate surface area is 210 Å². The van der Waals surface area contributed by atoms with E-state index in [4.69, 9.17) is 4.74 Å². The van der Waals surface area contributed by atoms with Gasteiger partial charge in [-0.05, 0) is 43.3 Å². The van der Waals surface area contributed by atoms with Crippen molar-refractivity contribution in [3.63, 3.8) is 0 Å². The number of thioether (sulfide) groups is 1. The van der Waals surface area contributed by atoms with Gasteiger partial charge in [-0.25, -0.2) is 5.43 Å². The minimum Gasteiger partial charge on any atom is -0.493 e. The number of carbonyl (C=O) groups excluding carboxylic acids is 1. The summed E-state index contributed by atoms with van der Waals surface area (Å²) in [5, 5.41) is 13.4. The Bertz CT molecular complexity index is 1280. The molecule has 0 unspecified atom stereocenters. The van der Waals surface area contributed by atoms with E-state index in [9.17, 15) is 4.79 Å². The Morgan fingerprint density at radius 2 is 1.79 bits per heavy atom. The third-order valence-electron chi connectivity index (χ3n) is 4.69. The number of nitrogens with one attached hydrogen (secondary N) is 1. The molecule has 4 aromatic rings. The highest BCUT2D eigenvalue weighted by Crippen LogP contribution is 2.28. The molecule has 1 amide bonds. The SMILES string of the molecule is CCOc1ccccc1/C=N\NC(=O)CSc1nnc(-c2ccc(Br)cc2)n1-c1ccccc1. The highest BCUT2D eigenvalue weighted by molar-refractivity contribution is 9.10. The molecule has 0 aliphatic carbocycles. The molecule has 0 radical (unpaired) electrons. The second kappa shape index (κ2) is 11.6. The molecule has 1 heterocycles. The zero-order valence-electron chi connectivity index (χ0n) is 18.4. The van der Waals surface area contributed by atoms with Crippen molar-refractivity contribution in [2.75, 3.05) is 12.4 Å². The number of nitrogens with zero attached hydrogens (tertiary/aromatic N) is 4. The molecule has 0 aliphatic rings. The molecule has 9 heteroatoms. The van der Waals surface area contributed by atoms with E-state index >= 15 is 0 Å². The van der Waals surface area contributed by atoms with Gasteiger partial charge in [-0.2, -0.15) is 5.10 Å². The van der Waals surface area contributed by atoms with Gasteiger partial charge in [-0.15, -0.1) is 10.2 Å². The number of amides is 1. The molecule has 0 fully saturated rings. The van der Waals surface area contributed by atoms with Crippen molar-refractivity contribution in [3.8, 4) is 22.8 Å². The maximum Gasteiger partial charge on any atom is 0.250 e. The summed E-state index contributed by atoms with van der Waals surface area (Å²) in [6.45, 7) is 2.47. The van der Waals surface area contributed by atoms with Gasteiger partial charge in [0.1, 0.15) is 5.75 Å². The van der Waals surface area contributed by atoms with Gasteiger partial charge in [0.05, 0.1) is 18.6 Å². The van der Waals surface area contributed by atoms with Crippen LogP contribution in [-0.2, 0) is 4.79 Å². The Hall–Kier alpha value is -3.43. The van der Waals surface area contributed by atoms with E-state index in [2.05, 4.69) is 36.7 Å². The minimum atomic E-state index is -0.247. The number of ether oxygens (including phenoxy) is 1. The standard InChI is InChI=1S/C25H22BrN5O2S/c1-2-33-22-11-7-6-8-19(22)16-27-28-23(32)17-34-25-30-29-24(18-12-14-20(26)15-13-18)31(25)21-9-4-3-5-10-21/h3-16H,2,17H2,1H3,(H,28,32)/b27-16-. The number of halogens is 1. The second-order valence-corrected chi connectivity index (χ2v) is 8.89. The fourth-order valence-corrected chi connectivity index (χ4v) is 4.18. The molecule has 172 valence electrons. The average Bonchev–Trinajstić information content (AvgIpc) is 3.29. The van der Waals surface area contributed by atoms with E-state index in [0.717, 1.165) is 21.3 Å². The summed E-state index contributed by atoms with van der Waals surface area (Å²) >= 11 is 4.76. The first kappa shape index (κ1) is 23.7. The molecule has 1 N–H and O–H groups in total. The highest BCUT2D eigenvalue weighted by Gasteiger charge is 2.17. The van der Waals surface area contributed by atoms with Crippen LogP contribution >= 0.6 is 27.7 Å². The van der Waals surface area contributed by atoms with Gasteiger partial charge in [0, 0.05) is 21.3 Å². The van der Waals surface area contributed by atoms with Gasteiger partial charge in [0.2, 0.25) is 0 Å². The molecule has 3 aromatic carbocycles. The van der Waals surface area contributed by atoms with Crippen LogP contribution in [-0.4, -0.2) is 39.2 Å². The first-order valence-electron chi connectivity index (χ1n) is 10.6. The fourth-order valence-electron chi connectivity index (χ4n) is 3.17. The van der Waals surface area contributed by atoms with E-state index in [-0.39, 0.29) is 11.7 Å². The predicted molar refractivity (Wildman–Crippen MR) is 139 cm³/mol. The molecule has 0 atom stereocenters. The number of hydrazone groups is 1. The quantitative estimate of drug-likeness (QED) is 0.178. The zero-order chi connectivity index (χ0) is 23.8. The summed E-state index contributed by atoms with van der Waals surface area (Å²) in [5.74, 6) is 1.30. The van der Waals surface area contributed by atoms with E-state index < -0.39 is 0 Å². The summed E-state index contributed by atoms with van der Waals surface area (Å²) in [6.07, 6.45) is 1.58. The van der Waals surface area contributed by atoms with Crippen LogP contribution in [0.5, 0.6) is 5.75 Å². The summed E-state index contributed by atoms with van der Waals surface area (Å²) in [5.41, 5.74) is 5.20. The van der Waals surface area contributed by atoms with E-state index in [1.807, 2.05) is 90.4 Å². The fraction of sp³-hybridized carbons (Fsp3) is 0.120. The van der Waals surface area contributed by atoms with Gasteiger partial charge in [0.25, 0.3) is 5.91 Å². The normalized spacial score (nSPS) is 11.0. The lowest BCUT2D eigenvalue weighted by Gasteiger charge is -2.10. The van der Waals surface area contributed by atoms with Crippen molar-refractivity contribution in [2.45, 2.75) is 12.1 Å². The van der Waals surface area contributed by atoms with Crippen molar-refractivity contribution in [1.29, 1.82) is 0 Å². The molecular weight excluding hydrogens is 514 g/mol. The highest BCUT2D eigenvalue weighted by atomic mass is 79.9. The number of aromatic nitrogens is 3. The van der Waals surface area contributed by atoms with Crippen LogP contribution in [0.15, 0.2) is 93.6 Å². The topological polar surface area (TPSA) is 81.4 Å². The van der Waals surface area contributed by atoms with Crippen molar-refractivity contribution < 1.29 is 9.53 Å². The summed E-state index contributed by atoms with van der Waals surface area (Å²) in [6, 6.07) is 25.2. The number of para-hydroxylation sites is 2. The van der Waals surface area contributed by atoms with Crippen molar-refractivity contribution in [2.24, 2.45) is 5.10 Å². The average molecular weight is 536 g/mol. The molecule has 34 heavy (non-hydrogen) atoms. The second-order valence-electron chi connectivity index (χ2n) is 7.04. The Balaban J connectivity index is 1.48. The largest absolute Gasteiger partial charge is 0.493 e. The van der Waals surface area contributed by atoms with Gasteiger partial charge in [-0.3, -0.25) is 9.36 Å². The smallest absolute Gasteiger partial charge is 0.250 e. The van der Waals surface area contributed by atoms with E-state index in [0.29, 0.717) is 23.3 Å². The molecule has 0 saturated heterocycles. The van der Waals surface area contributed by atoms with Crippen LogP contribution in [0.4, 0.5) is 0 Å². The molecular formula is C25H22BrN5O2S.